The predicted molar refractivity (Wildman–Crippen MR) is 69.4 cm³/mol. The van der Waals surface area contributed by atoms with E-state index in [4.69, 9.17) is 0 Å². The van der Waals surface area contributed by atoms with Gasteiger partial charge in [-0.05, 0) is 38.0 Å². The lowest BCUT2D eigenvalue weighted by atomic mass is 9.97. The lowest BCUT2D eigenvalue weighted by Gasteiger charge is -2.34. The van der Waals surface area contributed by atoms with E-state index in [-0.39, 0.29) is 0 Å². The summed E-state index contributed by atoms with van der Waals surface area (Å²) in [5, 5.41) is 3.67. The Morgan fingerprint density at radius 2 is 1.82 bits per heavy atom. The maximum absolute atomic E-state index is 11.4. The molecule has 0 aromatic rings. The lowest BCUT2D eigenvalue weighted by molar-refractivity contribution is 0.251. The van der Waals surface area contributed by atoms with E-state index in [1.165, 1.54) is 19.1 Å². The van der Waals surface area contributed by atoms with Crippen molar-refractivity contribution in [2.24, 2.45) is 5.41 Å². The number of rotatable bonds is 4. The van der Waals surface area contributed by atoms with Crippen LogP contribution >= 0.6 is 0 Å². The Morgan fingerprint density at radius 1 is 1.29 bits per heavy atom. The van der Waals surface area contributed by atoms with Crippen LogP contribution in [0.5, 0.6) is 0 Å². The molecule has 0 radical (unpaired) electrons. The molecule has 100 valence electrons. The first-order valence-corrected chi connectivity index (χ1v) is 8.37. The minimum atomic E-state index is -2.99. The molecule has 2 aliphatic rings. The van der Waals surface area contributed by atoms with Crippen LogP contribution in [0, 0.1) is 5.41 Å². The fourth-order valence-corrected chi connectivity index (χ4v) is 3.41. The second-order valence-electron chi connectivity index (χ2n) is 5.98. The second kappa shape index (κ2) is 4.52. The van der Waals surface area contributed by atoms with Crippen LogP contribution < -0.4 is 5.32 Å². The smallest absolute Gasteiger partial charge is 0.211 e. The highest BCUT2D eigenvalue weighted by atomic mass is 32.2. The number of hydrogen-bond donors (Lipinski definition) is 1. The number of sulfonamides is 1. The van der Waals surface area contributed by atoms with Crippen molar-refractivity contribution in [3.05, 3.63) is 0 Å². The van der Waals surface area contributed by atoms with Crippen LogP contribution in [0.3, 0.4) is 0 Å². The van der Waals surface area contributed by atoms with Gasteiger partial charge in [0.25, 0.3) is 0 Å². The van der Waals surface area contributed by atoms with Crippen molar-refractivity contribution in [3.63, 3.8) is 0 Å². The van der Waals surface area contributed by atoms with Gasteiger partial charge in [-0.1, -0.05) is 6.92 Å². The van der Waals surface area contributed by atoms with Crippen molar-refractivity contribution in [3.8, 4) is 0 Å². The van der Waals surface area contributed by atoms with Crippen molar-refractivity contribution in [1.82, 2.24) is 9.62 Å². The third-order valence-corrected chi connectivity index (χ3v) is 5.80. The van der Waals surface area contributed by atoms with Crippen LogP contribution in [0.2, 0.25) is 0 Å². The first-order chi connectivity index (χ1) is 7.81. The minimum Gasteiger partial charge on any atom is -0.311 e. The van der Waals surface area contributed by atoms with Crippen molar-refractivity contribution < 1.29 is 8.42 Å². The fraction of sp³-hybridized carbons (Fsp3) is 1.00. The molecule has 1 N–H and O–H groups in total. The van der Waals surface area contributed by atoms with Crippen LogP contribution in [0.15, 0.2) is 0 Å². The van der Waals surface area contributed by atoms with Crippen LogP contribution in [0.4, 0.5) is 0 Å². The van der Waals surface area contributed by atoms with Crippen LogP contribution in [0.25, 0.3) is 0 Å². The summed E-state index contributed by atoms with van der Waals surface area (Å²) >= 11 is 0. The Labute approximate surface area is 105 Å². The number of piperidine rings is 1. The van der Waals surface area contributed by atoms with E-state index in [0.29, 0.717) is 30.6 Å². The lowest BCUT2D eigenvalue weighted by Crippen LogP contribution is -2.48. The minimum absolute atomic E-state index is 0.487. The highest BCUT2D eigenvalue weighted by molar-refractivity contribution is 7.88. The van der Waals surface area contributed by atoms with Crippen LogP contribution in [-0.2, 0) is 10.0 Å². The molecule has 1 aliphatic heterocycles. The predicted octanol–water partition coefficient (Wildman–Crippen LogP) is 1.19. The summed E-state index contributed by atoms with van der Waals surface area (Å²) in [5.74, 6) is 0. The van der Waals surface area contributed by atoms with E-state index >= 15 is 0 Å². The Kier molecular flexibility index (Phi) is 3.54. The summed E-state index contributed by atoms with van der Waals surface area (Å²) in [7, 11) is -2.99. The molecule has 1 aliphatic carbocycles. The highest BCUT2D eigenvalue weighted by Crippen LogP contribution is 2.48. The summed E-state index contributed by atoms with van der Waals surface area (Å²) in [6, 6.07) is 1.04. The standard InChI is InChI=1S/C12H24N2O2S/c1-10(12(2)6-7-12)13-11-4-8-14(9-5-11)17(3,15)16/h10-11,13H,4-9H2,1-3H3. The van der Waals surface area contributed by atoms with Crippen LogP contribution in [-0.4, -0.2) is 44.2 Å². The first-order valence-electron chi connectivity index (χ1n) is 6.52. The van der Waals surface area contributed by atoms with Crippen molar-refractivity contribution >= 4 is 10.0 Å². The van der Waals surface area contributed by atoms with Gasteiger partial charge in [0.1, 0.15) is 0 Å². The summed E-state index contributed by atoms with van der Waals surface area (Å²) in [6.07, 6.45) is 5.82. The molecule has 0 bridgehead atoms. The number of nitrogens with zero attached hydrogens (tertiary/aromatic N) is 1. The molecule has 0 aromatic heterocycles. The zero-order valence-electron chi connectivity index (χ0n) is 11.1. The fourth-order valence-electron chi connectivity index (χ4n) is 2.54. The van der Waals surface area contributed by atoms with Gasteiger partial charge in [0.2, 0.25) is 10.0 Å². The molecule has 0 spiro atoms. The third-order valence-electron chi connectivity index (χ3n) is 4.49. The Bertz CT molecular complexity index is 368. The number of hydrogen-bond acceptors (Lipinski definition) is 3. The molecule has 17 heavy (non-hydrogen) atoms. The molecule has 0 aromatic carbocycles. The van der Waals surface area contributed by atoms with E-state index in [2.05, 4.69) is 19.2 Å². The van der Waals surface area contributed by atoms with Crippen molar-refractivity contribution in [2.45, 2.75) is 51.6 Å². The van der Waals surface area contributed by atoms with E-state index in [0.717, 1.165) is 12.8 Å². The maximum Gasteiger partial charge on any atom is 0.211 e. The van der Waals surface area contributed by atoms with Gasteiger partial charge in [-0.3, -0.25) is 0 Å². The molecular formula is C12H24N2O2S. The summed E-state index contributed by atoms with van der Waals surface area (Å²) < 4.78 is 24.4. The zero-order valence-corrected chi connectivity index (χ0v) is 11.9. The van der Waals surface area contributed by atoms with Gasteiger partial charge >= 0.3 is 0 Å². The molecule has 0 amide bonds. The molecule has 1 heterocycles. The van der Waals surface area contributed by atoms with Crippen LogP contribution in [0.1, 0.15) is 39.5 Å². The maximum atomic E-state index is 11.4. The molecule has 2 fully saturated rings. The molecule has 1 saturated heterocycles. The van der Waals surface area contributed by atoms with E-state index in [1.807, 2.05) is 0 Å². The molecule has 2 rings (SSSR count). The Balaban J connectivity index is 1.79. The van der Waals surface area contributed by atoms with Gasteiger partial charge in [0.15, 0.2) is 0 Å². The Hall–Kier alpha value is -0.130. The van der Waals surface area contributed by atoms with Crippen molar-refractivity contribution in [1.29, 1.82) is 0 Å². The number of nitrogens with one attached hydrogen (secondary N) is 1. The highest BCUT2D eigenvalue weighted by Gasteiger charge is 2.43. The topological polar surface area (TPSA) is 49.4 Å². The van der Waals surface area contributed by atoms with Gasteiger partial charge < -0.3 is 5.32 Å². The normalized spacial score (nSPS) is 27.9. The molecule has 1 unspecified atom stereocenters. The largest absolute Gasteiger partial charge is 0.311 e. The summed E-state index contributed by atoms with van der Waals surface area (Å²) in [5.41, 5.74) is 0.494. The van der Waals surface area contributed by atoms with Gasteiger partial charge in [-0.2, -0.15) is 0 Å². The Morgan fingerprint density at radius 3 is 2.24 bits per heavy atom. The van der Waals surface area contributed by atoms with E-state index < -0.39 is 10.0 Å². The monoisotopic (exact) mass is 260 g/mol. The quantitative estimate of drug-likeness (QED) is 0.826. The molecule has 1 saturated carbocycles. The second-order valence-corrected chi connectivity index (χ2v) is 7.96. The van der Waals surface area contributed by atoms with Gasteiger partial charge in [0.05, 0.1) is 6.26 Å². The summed E-state index contributed by atoms with van der Waals surface area (Å²) in [6.45, 7) is 5.92. The first kappa shape index (κ1) is 13.3. The molecule has 5 heteroatoms. The molecule has 1 atom stereocenters. The van der Waals surface area contributed by atoms with E-state index in [9.17, 15) is 8.42 Å². The summed E-state index contributed by atoms with van der Waals surface area (Å²) in [4.78, 5) is 0. The van der Waals surface area contributed by atoms with Gasteiger partial charge in [0, 0.05) is 25.2 Å². The average molecular weight is 260 g/mol. The van der Waals surface area contributed by atoms with Gasteiger partial charge in [-0.15, -0.1) is 0 Å². The zero-order chi connectivity index (χ0) is 12.7. The molecule has 4 nitrogen and oxygen atoms in total. The SMILES string of the molecule is CC(NC1CCN(S(C)(=O)=O)CC1)C1(C)CC1. The van der Waals surface area contributed by atoms with E-state index in [1.54, 1.807) is 4.31 Å². The third kappa shape index (κ3) is 3.20. The van der Waals surface area contributed by atoms with Gasteiger partial charge in [-0.25, -0.2) is 12.7 Å². The van der Waals surface area contributed by atoms with Crippen molar-refractivity contribution in [2.75, 3.05) is 19.3 Å². The molecular weight excluding hydrogens is 236 g/mol. The average Bonchev–Trinajstić information content (AvgIpc) is 2.97.